The van der Waals surface area contributed by atoms with Crippen LogP contribution < -0.4 is 10.6 Å². The van der Waals surface area contributed by atoms with Crippen molar-refractivity contribution in [2.75, 3.05) is 17.2 Å². The number of nitrogens with two attached hydrogens (primary N) is 1. The summed E-state index contributed by atoms with van der Waals surface area (Å²) in [6.07, 6.45) is 3.92. The topological polar surface area (TPSA) is 42.1 Å². The van der Waals surface area contributed by atoms with Gasteiger partial charge in [-0.05, 0) is 42.7 Å². The number of benzene rings is 1. The van der Waals surface area contributed by atoms with Crippen LogP contribution in [0.2, 0.25) is 0 Å². The predicted octanol–water partition coefficient (Wildman–Crippen LogP) is 3.14. The number of rotatable bonds is 2. The maximum atomic E-state index is 13.4. The monoisotopic (exact) mass is 257 g/mol. The summed E-state index contributed by atoms with van der Waals surface area (Å²) in [6, 6.07) is 10.8. The Morgan fingerprint density at radius 3 is 2.89 bits per heavy atom. The van der Waals surface area contributed by atoms with Gasteiger partial charge in [0.2, 0.25) is 0 Å². The average molecular weight is 257 g/mol. The van der Waals surface area contributed by atoms with Gasteiger partial charge in [-0.15, -0.1) is 0 Å². The van der Waals surface area contributed by atoms with Crippen LogP contribution in [0.4, 0.5) is 15.9 Å². The summed E-state index contributed by atoms with van der Waals surface area (Å²) in [6.45, 7) is 0.965. The van der Waals surface area contributed by atoms with Gasteiger partial charge in [0, 0.05) is 6.54 Å². The number of nitrogens with zero attached hydrogens (tertiary/aromatic N) is 2. The molecule has 0 bridgehead atoms. The normalized spacial score (nSPS) is 18.8. The Balaban J connectivity index is 1.91. The lowest BCUT2D eigenvalue weighted by molar-refractivity contribution is 0.618. The Morgan fingerprint density at radius 1 is 1.26 bits per heavy atom. The van der Waals surface area contributed by atoms with Crippen molar-refractivity contribution in [2.24, 2.45) is 0 Å². The van der Waals surface area contributed by atoms with Crippen LogP contribution in [-0.2, 0) is 0 Å². The second kappa shape index (κ2) is 4.88. The number of halogens is 1. The zero-order valence-electron chi connectivity index (χ0n) is 10.6. The average Bonchev–Trinajstić information content (AvgIpc) is 2.89. The molecule has 0 spiro atoms. The zero-order chi connectivity index (χ0) is 13.2. The molecule has 1 aromatic carbocycles. The van der Waals surface area contributed by atoms with Crippen LogP contribution in [0.1, 0.15) is 24.4 Å². The molecule has 19 heavy (non-hydrogen) atoms. The molecule has 1 aromatic heterocycles. The van der Waals surface area contributed by atoms with E-state index in [0.29, 0.717) is 5.82 Å². The molecule has 1 saturated heterocycles. The predicted molar refractivity (Wildman–Crippen MR) is 74.4 cm³/mol. The highest BCUT2D eigenvalue weighted by Gasteiger charge is 2.26. The van der Waals surface area contributed by atoms with Gasteiger partial charge >= 0.3 is 0 Å². The standard InChI is InChI=1S/C15H16FN3/c16-12-4-1-3-11(9-12)14-5-2-8-19(14)13-6-7-15(17)18-10-13/h1,3-4,6-7,9-10,14H,2,5,8H2,(H2,17,18). The van der Waals surface area contributed by atoms with Crippen LogP contribution >= 0.6 is 0 Å². The summed E-state index contributed by atoms with van der Waals surface area (Å²) in [5, 5.41) is 0. The minimum Gasteiger partial charge on any atom is -0.384 e. The van der Waals surface area contributed by atoms with Crippen LogP contribution in [0.3, 0.4) is 0 Å². The van der Waals surface area contributed by atoms with Gasteiger partial charge < -0.3 is 10.6 Å². The molecule has 98 valence electrons. The molecule has 3 rings (SSSR count). The highest BCUT2D eigenvalue weighted by atomic mass is 19.1. The van der Waals surface area contributed by atoms with Crippen molar-refractivity contribution < 1.29 is 4.39 Å². The molecule has 0 radical (unpaired) electrons. The summed E-state index contributed by atoms with van der Waals surface area (Å²) < 4.78 is 13.4. The first-order chi connectivity index (χ1) is 9.24. The van der Waals surface area contributed by atoms with Gasteiger partial charge in [0.05, 0.1) is 17.9 Å². The van der Waals surface area contributed by atoms with E-state index in [1.807, 2.05) is 12.1 Å². The second-order valence-corrected chi connectivity index (χ2v) is 4.85. The highest BCUT2D eigenvalue weighted by molar-refractivity contribution is 5.51. The van der Waals surface area contributed by atoms with Crippen molar-refractivity contribution in [1.82, 2.24) is 4.98 Å². The molecule has 2 heterocycles. The molecule has 0 saturated carbocycles. The fourth-order valence-electron chi connectivity index (χ4n) is 2.70. The molecule has 2 aromatic rings. The van der Waals surface area contributed by atoms with Crippen LogP contribution in [0.15, 0.2) is 42.6 Å². The minimum absolute atomic E-state index is 0.181. The van der Waals surface area contributed by atoms with Gasteiger partial charge in [-0.2, -0.15) is 0 Å². The smallest absolute Gasteiger partial charge is 0.123 e. The second-order valence-electron chi connectivity index (χ2n) is 4.85. The third kappa shape index (κ3) is 2.38. The van der Waals surface area contributed by atoms with Gasteiger partial charge in [0.1, 0.15) is 11.6 Å². The van der Waals surface area contributed by atoms with Crippen LogP contribution in [-0.4, -0.2) is 11.5 Å². The van der Waals surface area contributed by atoms with E-state index in [0.717, 1.165) is 30.6 Å². The van der Waals surface area contributed by atoms with E-state index in [-0.39, 0.29) is 11.9 Å². The van der Waals surface area contributed by atoms with Crippen molar-refractivity contribution in [1.29, 1.82) is 0 Å². The number of hydrogen-bond donors (Lipinski definition) is 1. The van der Waals surface area contributed by atoms with E-state index in [2.05, 4.69) is 9.88 Å². The summed E-state index contributed by atoms with van der Waals surface area (Å²) in [5.41, 5.74) is 7.68. The van der Waals surface area contributed by atoms with Crippen LogP contribution in [0.25, 0.3) is 0 Å². The molecule has 1 aliphatic heterocycles. The van der Waals surface area contributed by atoms with Crippen LogP contribution in [0.5, 0.6) is 0 Å². The van der Waals surface area contributed by atoms with Gasteiger partial charge in [-0.3, -0.25) is 0 Å². The summed E-state index contributed by atoms with van der Waals surface area (Å²) >= 11 is 0. The molecule has 4 heteroatoms. The first-order valence-electron chi connectivity index (χ1n) is 6.48. The molecule has 0 amide bonds. The summed E-state index contributed by atoms with van der Waals surface area (Å²) in [7, 11) is 0. The van der Waals surface area contributed by atoms with Crippen molar-refractivity contribution in [3.05, 3.63) is 54.0 Å². The molecule has 2 N–H and O–H groups in total. The lowest BCUT2D eigenvalue weighted by Gasteiger charge is -2.27. The molecule has 0 aliphatic carbocycles. The molecule has 1 atom stereocenters. The largest absolute Gasteiger partial charge is 0.384 e. The fraction of sp³-hybridized carbons (Fsp3) is 0.267. The number of anilines is 2. The minimum atomic E-state index is -0.181. The number of aromatic nitrogens is 1. The first-order valence-corrected chi connectivity index (χ1v) is 6.48. The first kappa shape index (κ1) is 12.0. The molecular weight excluding hydrogens is 241 g/mol. The zero-order valence-corrected chi connectivity index (χ0v) is 10.6. The van der Waals surface area contributed by atoms with Gasteiger partial charge in [0.15, 0.2) is 0 Å². The van der Waals surface area contributed by atoms with Crippen LogP contribution in [0, 0.1) is 5.82 Å². The summed E-state index contributed by atoms with van der Waals surface area (Å²) in [5.74, 6) is 0.338. The van der Waals surface area contributed by atoms with Crippen molar-refractivity contribution >= 4 is 11.5 Å². The van der Waals surface area contributed by atoms with E-state index < -0.39 is 0 Å². The third-order valence-corrected chi connectivity index (χ3v) is 3.59. The van der Waals surface area contributed by atoms with Gasteiger partial charge in [-0.1, -0.05) is 12.1 Å². The Bertz CT molecular complexity index is 568. The number of hydrogen-bond acceptors (Lipinski definition) is 3. The molecule has 3 nitrogen and oxygen atoms in total. The molecule has 1 fully saturated rings. The van der Waals surface area contributed by atoms with E-state index in [1.165, 1.54) is 6.07 Å². The Morgan fingerprint density at radius 2 is 2.16 bits per heavy atom. The quantitative estimate of drug-likeness (QED) is 0.898. The Hall–Kier alpha value is -2.10. The van der Waals surface area contributed by atoms with Gasteiger partial charge in [0.25, 0.3) is 0 Å². The van der Waals surface area contributed by atoms with Crippen molar-refractivity contribution in [2.45, 2.75) is 18.9 Å². The van der Waals surface area contributed by atoms with E-state index in [9.17, 15) is 4.39 Å². The fourth-order valence-corrected chi connectivity index (χ4v) is 2.70. The summed E-state index contributed by atoms with van der Waals surface area (Å²) in [4.78, 5) is 6.40. The van der Waals surface area contributed by atoms with E-state index in [4.69, 9.17) is 5.73 Å². The van der Waals surface area contributed by atoms with E-state index in [1.54, 1.807) is 24.4 Å². The maximum Gasteiger partial charge on any atom is 0.123 e. The molecule has 1 unspecified atom stereocenters. The third-order valence-electron chi connectivity index (χ3n) is 3.59. The van der Waals surface area contributed by atoms with Crippen molar-refractivity contribution in [3.8, 4) is 0 Å². The highest BCUT2D eigenvalue weighted by Crippen LogP contribution is 2.35. The van der Waals surface area contributed by atoms with Crippen molar-refractivity contribution in [3.63, 3.8) is 0 Å². The molecule has 1 aliphatic rings. The lowest BCUT2D eigenvalue weighted by Crippen LogP contribution is -2.22. The van der Waals surface area contributed by atoms with Gasteiger partial charge in [-0.25, -0.2) is 9.37 Å². The molecular formula is C15H16FN3. The Labute approximate surface area is 111 Å². The number of nitrogen functional groups attached to an aromatic ring is 1. The van der Waals surface area contributed by atoms with E-state index >= 15 is 0 Å². The maximum absolute atomic E-state index is 13.4. The Kier molecular flexibility index (Phi) is 3.07. The number of pyridine rings is 1. The lowest BCUT2D eigenvalue weighted by atomic mass is 10.0. The SMILES string of the molecule is Nc1ccc(N2CCCC2c2cccc(F)c2)cn1.